The Balaban J connectivity index is 1.45. The van der Waals surface area contributed by atoms with Gasteiger partial charge in [-0.3, -0.25) is 9.59 Å². The average Bonchev–Trinajstić information content (AvgIpc) is 3.02. The number of piperazine rings is 1. The zero-order chi connectivity index (χ0) is 22.6. The Bertz CT molecular complexity index is 1060. The van der Waals surface area contributed by atoms with Crippen molar-refractivity contribution in [1.82, 2.24) is 15.1 Å². The van der Waals surface area contributed by atoms with Gasteiger partial charge in [-0.15, -0.1) is 0 Å². The van der Waals surface area contributed by atoms with Crippen molar-refractivity contribution in [2.45, 2.75) is 50.6 Å². The molecule has 4 aliphatic rings. The van der Waals surface area contributed by atoms with Gasteiger partial charge in [0.05, 0.1) is 11.6 Å². The molecule has 1 aromatic rings. The fraction of sp³-hybridized carbons (Fsp3) is 0.455. The molecule has 3 unspecified atom stereocenters. The Morgan fingerprint density at radius 1 is 1.28 bits per heavy atom. The fourth-order valence-corrected chi connectivity index (χ4v) is 5.00. The number of carbonyl (C=O) groups is 2. The van der Waals surface area contributed by atoms with Gasteiger partial charge in [0.25, 0.3) is 11.8 Å². The summed E-state index contributed by atoms with van der Waals surface area (Å²) in [4.78, 5) is 29.4. The monoisotopic (exact) mass is 447 g/mol. The molecule has 0 aliphatic carbocycles. The molecule has 4 heterocycles. The number of fused-ring (bicyclic) bond motifs is 2. The van der Waals surface area contributed by atoms with Gasteiger partial charge >= 0.3 is 0 Å². The molecule has 10 heteroatoms. The van der Waals surface area contributed by atoms with E-state index in [4.69, 9.17) is 4.74 Å². The van der Waals surface area contributed by atoms with Gasteiger partial charge in [0.1, 0.15) is 23.4 Å². The third kappa shape index (κ3) is 3.17. The molecule has 3 saturated heterocycles. The van der Waals surface area contributed by atoms with Crippen molar-refractivity contribution < 1.29 is 33.3 Å². The molecule has 3 N–H and O–H groups in total. The van der Waals surface area contributed by atoms with E-state index in [2.05, 4.69) is 5.32 Å². The Morgan fingerprint density at radius 2 is 2.09 bits per heavy atom. The van der Waals surface area contributed by atoms with Crippen LogP contribution in [0.15, 0.2) is 40.9 Å². The minimum absolute atomic E-state index is 0.0159. The number of aliphatic hydroxyl groups is 2. The molecular weight excluding hydrogens is 424 g/mol. The molecule has 170 valence electrons. The third-order valence-corrected chi connectivity index (χ3v) is 6.51. The summed E-state index contributed by atoms with van der Waals surface area (Å²) in [6.45, 7) is 0.784. The van der Waals surface area contributed by atoms with Gasteiger partial charge in [0, 0.05) is 37.0 Å². The van der Waals surface area contributed by atoms with E-state index in [-0.39, 0.29) is 29.4 Å². The molecule has 0 aromatic heterocycles. The topological polar surface area (TPSA) is 102 Å². The SMILES string of the molecule is O=C(NCc1ccc(F)cc1F)C1=C2CCC3C4OCCCCN4C(=O)C(=C(O)C1O)N23. The smallest absolute Gasteiger partial charge is 0.276 e. The van der Waals surface area contributed by atoms with E-state index in [9.17, 15) is 28.6 Å². The van der Waals surface area contributed by atoms with Crippen LogP contribution in [0.2, 0.25) is 0 Å². The highest BCUT2D eigenvalue weighted by molar-refractivity contribution is 6.00. The quantitative estimate of drug-likeness (QED) is 0.648. The van der Waals surface area contributed by atoms with Crippen molar-refractivity contribution in [3.05, 3.63) is 58.1 Å². The van der Waals surface area contributed by atoms with Crippen LogP contribution in [0.3, 0.4) is 0 Å². The van der Waals surface area contributed by atoms with Crippen molar-refractivity contribution in [2.75, 3.05) is 13.2 Å². The number of rotatable bonds is 3. The molecule has 32 heavy (non-hydrogen) atoms. The number of carbonyl (C=O) groups excluding carboxylic acids is 2. The Kier molecular flexibility index (Phi) is 5.13. The van der Waals surface area contributed by atoms with Crippen LogP contribution < -0.4 is 5.32 Å². The lowest BCUT2D eigenvalue weighted by Crippen LogP contribution is -2.60. The second kappa shape index (κ2) is 7.86. The lowest BCUT2D eigenvalue weighted by Gasteiger charge is -2.47. The molecule has 0 saturated carbocycles. The van der Waals surface area contributed by atoms with Crippen LogP contribution in [0, 0.1) is 11.6 Å². The second-order valence-electron chi connectivity index (χ2n) is 8.36. The first-order valence-electron chi connectivity index (χ1n) is 10.7. The molecule has 0 radical (unpaired) electrons. The second-order valence-corrected chi connectivity index (χ2v) is 8.36. The van der Waals surface area contributed by atoms with E-state index in [1.165, 1.54) is 6.07 Å². The van der Waals surface area contributed by atoms with Gasteiger partial charge in [-0.25, -0.2) is 8.78 Å². The van der Waals surface area contributed by atoms with Crippen molar-refractivity contribution >= 4 is 11.8 Å². The van der Waals surface area contributed by atoms with Crippen LogP contribution in [0.4, 0.5) is 8.78 Å². The highest BCUT2D eigenvalue weighted by atomic mass is 19.1. The van der Waals surface area contributed by atoms with E-state index in [1.807, 2.05) is 0 Å². The molecule has 0 bridgehead atoms. The summed E-state index contributed by atoms with van der Waals surface area (Å²) in [5.41, 5.74) is 0.438. The predicted molar refractivity (Wildman–Crippen MR) is 106 cm³/mol. The number of aliphatic hydroxyl groups excluding tert-OH is 2. The Morgan fingerprint density at radius 3 is 2.88 bits per heavy atom. The van der Waals surface area contributed by atoms with Crippen molar-refractivity contribution in [2.24, 2.45) is 0 Å². The number of allylic oxidation sites excluding steroid dienone is 1. The zero-order valence-corrected chi connectivity index (χ0v) is 17.2. The first-order valence-corrected chi connectivity index (χ1v) is 10.7. The maximum Gasteiger partial charge on any atom is 0.276 e. The Labute approximate surface area is 182 Å². The van der Waals surface area contributed by atoms with Gasteiger partial charge in [-0.05, 0) is 31.7 Å². The first-order chi connectivity index (χ1) is 15.4. The average molecular weight is 447 g/mol. The van der Waals surface area contributed by atoms with Gasteiger partial charge < -0.3 is 30.1 Å². The van der Waals surface area contributed by atoms with E-state index < -0.39 is 41.5 Å². The standard InChI is InChI=1S/C22H23F2N3O5/c23-12-4-3-11(13(24)9-12)10-25-20(30)16-14-5-6-15-22-26(7-1-2-8-32-22)21(31)17(27(14)15)19(29)18(16)28/h3-4,9,15,18,22,28-29H,1-2,5-8,10H2,(H,25,30). The van der Waals surface area contributed by atoms with Crippen LogP contribution >= 0.6 is 0 Å². The lowest BCUT2D eigenvalue weighted by molar-refractivity contribution is -0.156. The number of nitrogens with zero attached hydrogens (tertiary/aromatic N) is 2. The maximum atomic E-state index is 13.9. The van der Waals surface area contributed by atoms with Gasteiger partial charge in [-0.2, -0.15) is 0 Å². The molecular formula is C22H23F2N3O5. The first kappa shape index (κ1) is 20.9. The highest BCUT2D eigenvalue weighted by Crippen LogP contribution is 2.46. The molecule has 3 atom stereocenters. The largest absolute Gasteiger partial charge is 0.507 e. The summed E-state index contributed by atoms with van der Waals surface area (Å²) >= 11 is 0. The van der Waals surface area contributed by atoms with Gasteiger partial charge in [-0.1, -0.05) is 6.07 Å². The number of ether oxygens (including phenoxy) is 1. The van der Waals surface area contributed by atoms with Crippen LogP contribution in [-0.4, -0.2) is 63.4 Å². The minimum Gasteiger partial charge on any atom is -0.507 e. The van der Waals surface area contributed by atoms with Gasteiger partial charge in [0.2, 0.25) is 0 Å². The van der Waals surface area contributed by atoms with Crippen molar-refractivity contribution in [1.29, 1.82) is 0 Å². The summed E-state index contributed by atoms with van der Waals surface area (Å²) in [7, 11) is 0. The minimum atomic E-state index is -1.68. The third-order valence-electron chi connectivity index (χ3n) is 6.51. The summed E-state index contributed by atoms with van der Waals surface area (Å²) < 4.78 is 33.0. The highest BCUT2D eigenvalue weighted by Gasteiger charge is 2.54. The van der Waals surface area contributed by atoms with Crippen molar-refractivity contribution in [3.8, 4) is 0 Å². The van der Waals surface area contributed by atoms with E-state index in [1.54, 1.807) is 9.80 Å². The van der Waals surface area contributed by atoms with E-state index >= 15 is 0 Å². The molecule has 3 fully saturated rings. The van der Waals surface area contributed by atoms with Crippen LogP contribution in [-0.2, 0) is 20.9 Å². The van der Waals surface area contributed by atoms with Crippen molar-refractivity contribution in [3.63, 3.8) is 0 Å². The zero-order valence-electron chi connectivity index (χ0n) is 17.2. The van der Waals surface area contributed by atoms with E-state index in [0.717, 1.165) is 25.0 Å². The molecule has 5 rings (SSSR count). The maximum absolute atomic E-state index is 13.9. The number of nitrogens with one attached hydrogen (secondary N) is 1. The summed E-state index contributed by atoms with van der Waals surface area (Å²) in [6.07, 6.45) is 0.413. The van der Waals surface area contributed by atoms with Crippen LogP contribution in [0.5, 0.6) is 0 Å². The molecule has 8 nitrogen and oxygen atoms in total. The number of amides is 2. The lowest BCUT2D eigenvalue weighted by atomic mass is 9.96. The molecule has 4 aliphatic heterocycles. The Hall–Kier alpha value is -2.98. The number of halogens is 2. The predicted octanol–water partition coefficient (Wildman–Crippen LogP) is 1.42. The van der Waals surface area contributed by atoms with Crippen LogP contribution in [0.25, 0.3) is 0 Å². The summed E-state index contributed by atoms with van der Waals surface area (Å²) in [5, 5.41) is 24.0. The molecule has 0 spiro atoms. The van der Waals surface area contributed by atoms with Crippen LogP contribution in [0.1, 0.15) is 31.2 Å². The van der Waals surface area contributed by atoms with Gasteiger partial charge in [0.15, 0.2) is 12.0 Å². The summed E-state index contributed by atoms with van der Waals surface area (Å²) in [6, 6.07) is 2.76. The normalized spacial score (nSPS) is 27.3. The molecule has 2 amide bonds. The number of hydrogen-bond donors (Lipinski definition) is 3. The molecule has 1 aromatic carbocycles. The summed E-state index contributed by atoms with van der Waals surface area (Å²) in [5.74, 6) is -3.23. The van der Waals surface area contributed by atoms with E-state index in [0.29, 0.717) is 31.7 Å². The number of hydrogen-bond acceptors (Lipinski definition) is 6. The number of benzene rings is 1. The fourth-order valence-electron chi connectivity index (χ4n) is 5.00.